The smallest absolute Gasteiger partial charge is 0.147 e. The fourth-order valence-electron chi connectivity index (χ4n) is 3.88. The molecule has 3 aromatic rings. The predicted octanol–water partition coefficient (Wildman–Crippen LogP) is 3.58. The number of rotatable bonds is 6. The molecule has 0 spiro atoms. The summed E-state index contributed by atoms with van der Waals surface area (Å²) in [4.78, 5) is 0. The Balaban J connectivity index is 0.00000225. The molecule has 4 rings (SSSR count). The van der Waals surface area contributed by atoms with Gasteiger partial charge in [-0.05, 0) is 32.3 Å². The van der Waals surface area contributed by atoms with Crippen molar-refractivity contribution in [3.8, 4) is 0 Å². The van der Waals surface area contributed by atoms with E-state index in [0.29, 0.717) is 0 Å². The predicted molar refractivity (Wildman–Crippen MR) is 113 cm³/mol. The average molecular weight is 401 g/mol. The van der Waals surface area contributed by atoms with Crippen LogP contribution < -0.4 is 5.32 Å². The van der Waals surface area contributed by atoms with E-state index >= 15 is 0 Å². The van der Waals surface area contributed by atoms with Crippen molar-refractivity contribution in [2.75, 3.05) is 0 Å². The van der Waals surface area contributed by atoms with Gasteiger partial charge in [-0.15, -0.1) is 22.6 Å². The lowest BCUT2D eigenvalue weighted by molar-refractivity contribution is 0.571. The molecule has 2 aromatic heterocycles. The second-order valence-electron chi connectivity index (χ2n) is 7.39. The van der Waals surface area contributed by atoms with Crippen molar-refractivity contribution in [2.24, 2.45) is 0 Å². The number of fused-ring (bicyclic) bond motifs is 1. The van der Waals surface area contributed by atoms with Gasteiger partial charge in [-0.2, -0.15) is 5.10 Å². The molecule has 150 valence electrons. The number of hydrogen-bond donors (Lipinski definition) is 1. The Kier molecular flexibility index (Phi) is 6.86. The van der Waals surface area contributed by atoms with E-state index in [0.717, 1.165) is 49.9 Å². The van der Waals surface area contributed by atoms with Crippen molar-refractivity contribution < 1.29 is 0 Å². The van der Waals surface area contributed by atoms with Gasteiger partial charge in [-0.25, -0.2) is 0 Å². The van der Waals surface area contributed by atoms with Crippen LogP contribution in [0.2, 0.25) is 0 Å². The van der Waals surface area contributed by atoms with E-state index in [1.807, 2.05) is 6.07 Å². The molecule has 6 nitrogen and oxygen atoms in total. The molecule has 28 heavy (non-hydrogen) atoms. The second kappa shape index (κ2) is 9.34. The molecular formula is C21H29ClN6. The van der Waals surface area contributed by atoms with Gasteiger partial charge in [0, 0.05) is 30.8 Å². The van der Waals surface area contributed by atoms with E-state index in [1.54, 1.807) is 0 Å². The molecule has 1 aliphatic rings. The molecule has 0 fully saturated rings. The second-order valence-corrected chi connectivity index (χ2v) is 7.39. The van der Waals surface area contributed by atoms with Crippen LogP contribution in [0, 0.1) is 13.8 Å². The Morgan fingerprint density at radius 2 is 1.82 bits per heavy atom. The molecule has 0 amide bonds. The van der Waals surface area contributed by atoms with Crippen molar-refractivity contribution in [1.29, 1.82) is 0 Å². The van der Waals surface area contributed by atoms with Crippen molar-refractivity contribution in [1.82, 2.24) is 29.9 Å². The first-order valence-electron chi connectivity index (χ1n) is 9.91. The van der Waals surface area contributed by atoms with Crippen LogP contribution in [0.1, 0.15) is 53.4 Å². The van der Waals surface area contributed by atoms with Crippen LogP contribution in [0.25, 0.3) is 0 Å². The van der Waals surface area contributed by atoms with Crippen LogP contribution in [0.4, 0.5) is 0 Å². The van der Waals surface area contributed by atoms with Crippen molar-refractivity contribution in [2.45, 2.75) is 65.7 Å². The third-order valence-electron chi connectivity index (χ3n) is 5.48. The van der Waals surface area contributed by atoms with E-state index in [1.165, 1.54) is 36.1 Å². The van der Waals surface area contributed by atoms with Gasteiger partial charge >= 0.3 is 0 Å². The monoisotopic (exact) mass is 400 g/mol. The molecule has 0 unspecified atom stereocenters. The van der Waals surface area contributed by atoms with E-state index in [9.17, 15) is 0 Å². The summed E-state index contributed by atoms with van der Waals surface area (Å²) >= 11 is 0. The van der Waals surface area contributed by atoms with Gasteiger partial charge < -0.3 is 9.88 Å². The third kappa shape index (κ3) is 4.45. The fourth-order valence-corrected chi connectivity index (χ4v) is 3.88. The van der Waals surface area contributed by atoms with E-state index in [-0.39, 0.29) is 12.4 Å². The maximum Gasteiger partial charge on any atom is 0.147 e. The summed E-state index contributed by atoms with van der Waals surface area (Å²) in [5, 5.41) is 17.1. The minimum absolute atomic E-state index is 0. The van der Waals surface area contributed by atoms with Crippen molar-refractivity contribution in [3.63, 3.8) is 0 Å². The Bertz CT molecular complexity index is 899. The number of halogens is 1. The number of hydrogen-bond acceptors (Lipinski definition) is 4. The molecule has 1 aliphatic heterocycles. The molecule has 0 atom stereocenters. The Hall–Kier alpha value is -2.18. The summed E-state index contributed by atoms with van der Waals surface area (Å²) in [5.41, 5.74) is 4.87. The highest BCUT2D eigenvalue weighted by Crippen LogP contribution is 2.16. The Labute approximate surface area is 172 Å². The number of aromatic nitrogens is 5. The Morgan fingerprint density at radius 3 is 2.64 bits per heavy atom. The lowest BCUT2D eigenvalue weighted by atomic mass is 10.2. The van der Waals surface area contributed by atoms with Crippen LogP contribution in [0.3, 0.4) is 0 Å². The third-order valence-corrected chi connectivity index (χ3v) is 5.48. The molecular weight excluding hydrogens is 372 g/mol. The largest absolute Gasteiger partial charge is 0.314 e. The van der Waals surface area contributed by atoms with E-state index in [2.05, 4.69) is 62.9 Å². The summed E-state index contributed by atoms with van der Waals surface area (Å²) in [7, 11) is 0. The normalized spacial score (nSPS) is 13.6. The SMILES string of the molecule is Cc1nn(Cc2ccccc2)c(C)c1CNCc1nnc2n1CCCCC2.Cl. The molecule has 0 radical (unpaired) electrons. The van der Waals surface area contributed by atoms with E-state index < -0.39 is 0 Å². The van der Waals surface area contributed by atoms with Gasteiger partial charge in [0.2, 0.25) is 0 Å². The number of nitrogens with one attached hydrogen (secondary N) is 1. The van der Waals surface area contributed by atoms with Crippen LogP contribution in [0.5, 0.6) is 0 Å². The van der Waals surface area contributed by atoms with E-state index in [4.69, 9.17) is 5.10 Å². The molecule has 0 bridgehead atoms. The summed E-state index contributed by atoms with van der Waals surface area (Å²) in [6.07, 6.45) is 4.79. The van der Waals surface area contributed by atoms with Crippen molar-refractivity contribution >= 4 is 12.4 Å². The van der Waals surface area contributed by atoms with Crippen LogP contribution in [-0.4, -0.2) is 24.5 Å². The summed E-state index contributed by atoms with van der Waals surface area (Å²) in [6, 6.07) is 10.5. The first-order chi connectivity index (χ1) is 13.2. The standard InChI is InChI=1S/C21H28N6.ClH/c1-16-19(17(2)27(25-16)15-18-9-5-3-6-10-18)13-22-14-21-24-23-20-11-7-4-8-12-26(20)21;/h3,5-6,9-10,22H,4,7-8,11-15H2,1-2H3;1H. The van der Waals surface area contributed by atoms with Gasteiger partial charge in [0.1, 0.15) is 11.6 Å². The molecule has 1 aromatic carbocycles. The highest BCUT2D eigenvalue weighted by atomic mass is 35.5. The minimum Gasteiger partial charge on any atom is -0.314 e. The Morgan fingerprint density at radius 1 is 1.00 bits per heavy atom. The number of benzene rings is 1. The van der Waals surface area contributed by atoms with Gasteiger partial charge in [-0.3, -0.25) is 4.68 Å². The molecule has 0 aliphatic carbocycles. The quantitative estimate of drug-likeness (QED) is 0.687. The molecule has 7 heteroatoms. The topological polar surface area (TPSA) is 60.6 Å². The van der Waals surface area contributed by atoms with Gasteiger partial charge in [0.05, 0.1) is 18.8 Å². The lowest BCUT2D eigenvalue weighted by Gasteiger charge is -2.09. The number of aryl methyl sites for hydroxylation is 2. The van der Waals surface area contributed by atoms with Gasteiger partial charge in [0.25, 0.3) is 0 Å². The zero-order valence-electron chi connectivity index (χ0n) is 16.7. The van der Waals surface area contributed by atoms with Crippen LogP contribution >= 0.6 is 12.4 Å². The fraction of sp³-hybridized carbons (Fsp3) is 0.476. The van der Waals surface area contributed by atoms with Crippen molar-refractivity contribution in [3.05, 3.63) is 64.5 Å². The molecule has 0 saturated heterocycles. The maximum atomic E-state index is 4.75. The maximum absolute atomic E-state index is 4.75. The highest BCUT2D eigenvalue weighted by Gasteiger charge is 2.15. The van der Waals surface area contributed by atoms with Crippen LogP contribution in [0.15, 0.2) is 30.3 Å². The summed E-state index contributed by atoms with van der Waals surface area (Å²) < 4.78 is 4.41. The zero-order valence-corrected chi connectivity index (χ0v) is 17.5. The lowest BCUT2D eigenvalue weighted by Crippen LogP contribution is -2.18. The van der Waals surface area contributed by atoms with Gasteiger partial charge in [-0.1, -0.05) is 36.8 Å². The van der Waals surface area contributed by atoms with Crippen LogP contribution in [-0.2, 0) is 32.6 Å². The number of nitrogens with zero attached hydrogens (tertiary/aromatic N) is 5. The summed E-state index contributed by atoms with van der Waals surface area (Å²) in [5.74, 6) is 2.20. The zero-order chi connectivity index (χ0) is 18.6. The minimum atomic E-state index is 0. The average Bonchev–Trinajstić information content (AvgIpc) is 3.06. The first kappa shape index (κ1) is 20.6. The van der Waals surface area contributed by atoms with Gasteiger partial charge in [0.15, 0.2) is 0 Å². The molecule has 3 heterocycles. The molecule has 1 N–H and O–H groups in total. The first-order valence-corrected chi connectivity index (χ1v) is 9.91. The summed E-state index contributed by atoms with van der Waals surface area (Å²) in [6.45, 7) is 7.65. The molecule has 0 saturated carbocycles. The highest BCUT2D eigenvalue weighted by molar-refractivity contribution is 5.85.